The number of hydrogen-bond donors (Lipinski definition) is 1. The largest absolute Gasteiger partial charge is 0.371 e. The molecular formula is C20H24BrN5. The molecule has 1 saturated carbocycles. The molecule has 3 aromatic heterocycles. The molecule has 0 saturated heterocycles. The Balaban J connectivity index is 1.64. The highest BCUT2D eigenvalue weighted by molar-refractivity contribution is 9.10. The molecule has 0 spiro atoms. The van der Waals surface area contributed by atoms with E-state index in [0.29, 0.717) is 6.04 Å². The molecule has 0 radical (unpaired) electrons. The monoisotopic (exact) mass is 413 g/mol. The van der Waals surface area contributed by atoms with Gasteiger partial charge in [0.2, 0.25) is 0 Å². The molecule has 1 fully saturated rings. The van der Waals surface area contributed by atoms with E-state index in [0.717, 1.165) is 27.9 Å². The smallest absolute Gasteiger partial charge is 0.130 e. The van der Waals surface area contributed by atoms with E-state index in [-0.39, 0.29) is 0 Å². The molecule has 0 aliphatic heterocycles. The summed E-state index contributed by atoms with van der Waals surface area (Å²) < 4.78 is 2.97. The number of nitrogens with one attached hydrogen (secondary N) is 1. The summed E-state index contributed by atoms with van der Waals surface area (Å²) in [6.07, 6.45) is 12.1. The highest BCUT2D eigenvalue weighted by Crippen LogP contribution is 2.31. The van der Waals surface area contributed by atoms with Gasteiger partial charge in [-0.25, -0.2) is 4.52 Å². The van der Waals surface area contributed by atoms with Gasteiger partial charge in [0.15, 0.2) is 0 Å². The minimum atomic E-state index is 0.624. The fourth-order valence-electron chi connectivity index (χ4n) is 3.75. The van der Waals surface area contributed by atoms with E-state index >= 15 is 0 Å². The molecule has 0 atom stereocenters. The molecule has 1 N–H and O–H groups in total. The Bertz CT molecular complexity index is 871. The molecule has 5 nitrogen and oxygen atoms in total. The van der Waals surface area contributed by atoms with Crippen molar-refractivity contribution in [2.45, 2.75) is 44.7 Å². The van der Waals surface area contributed by atoms with Gasteiger partial charge in [-0.3, -0.25) is 4.98 Å². The van der Waals surface area contributed by atoms with Gasteiger partial charge in [-0.15, -0.1) is 0 Å². The second kappa shape index (κ2) is 7.66. The summed E-state index contributed by atoms with van der Waals surface area (Å²) in [6, 6.07) is 9.09. The number of pyridine rings is 2. The van der Waals surface area contributed by atoms with E-state index in [1.165, 1.54) is 37.8 Å². The van der Waals surface area contributed by atoms with Crippen LogP contribution < -0.4 is 10.2 Å². The maximum Gasteiger partial charge on any atom is 0.130 e. The zero-order valence-corrected chi connectivity index (χ0v) is 16.6. The van der Waals surface area contributed by atoms with Gasteiger partial charge < -0.3 is 10.2 Å². The lowest BCUT2D eigenvalue weighted by atomic mass is 9.94. The van der Waals surface area contributed by atoms with Crippen LogP contribution in [0.15, 0.2) is 47.3 Å². The molecule has 0 aromatic carbocycles. The van der Waals surface area contributed by atoms with Crippen molar-refractivity contribution in [3.8, 4) is 0 Å². The predicted octanol–water partition coefficient (Wildman–Crippen LogP) is 4.87. The highest BCUT2D eigenvalue weighted by atomic mass is 79.9. The van der Waals surface area contributed by atoms with Crippen molar-refractivity contribution in [1.29, 1.82) is 0 Å². The van der Waals surface area contributed by atoms with E-state index in [9.17, 15) is 0 Å². The van der Waals surface area contributed by atoms with E-state index in [2.05, 4.69) is 61.5 Å². The molecule has 0 amide bonds. The third-order valence-corrected chi connectivity index (χ3v) is 5.89. The molecule has 0 bridgehead atoms. The summed E-state index contributed by atoms with van der Waals surface area (Å²) in [5.41, 5.74) is 3.47. The van der Waals surface area contributed by atoms with Gasteiger partial charge in [0.25, 0.3) is 0 Å². The molecule has 1 aliphatic carbocycles. The minimum Gasteiger partial charge on any atom is -0.371 e. The van der Waals surface area contributed by atoms with Crippen LogP contribution in [-0.4, -0.2) is 27.7 Å². The number of rotatable bonds is 5. The number of nitrogens with zero attached hydrogens (tertiary/aromatic N) is 4. The lowest BCUT2D eigenvalue weighted by Gasteiger charge is -2.33. The molecule has 26 heavy (non-hydrogen) atoms. The average Bonchev–Trinajstić information content (AvgIpc) is 3.08. The van der Waals surface area contributed by atoms with Crippen LogP contribution in [0.3, 0.4) is 0 Å². The van der Waals surface area contributed by atoms with Gasteiger partial charge in [-0.1, -0.05) is 25.3 Å². The molecule has 3 aromatic rings. The maximum absolute atomic E-state index is 4.52. The number of aromatic nitrogens is 3. The van der Waals surface area contributed by atoms with Crippen LogP contribution in [0.4, 0.5) is 11.5 Å². The molecule has 6 heteroatoms. The standard InChI is InChI=1S/C20H24BrN5/c1-25(16-7-3-2-4-8-16)17-10-19-18(21)14-24-26(19)20(11-17)23-13-15-6-5-9-22-12-15/h5-6,9-12,14,16,23H,2-4,7-8,13H2,1H3. The first-order chi connectivity index (χ1) is 12.7. The number of hydrogen-bond acceptors (Lipinski definition) is 4. The van der Waals surface area contributed by atoms with Crippen molar-refractivity contribution < 1.29 is 0 Å². The average molecular weight is 414 g/mol. The van der Waals surface area contributed by atoms with Gasteiger partial charge in [0.05, 0.1) is 16.2 Å². The predicted molar refractivity (Wildman–Crippen MR) is 110 cm³/mol. The second-order valence-corrected chi connectivity index (χ2v) is 7.86. The lowest BCUT2D eigenvalue weighted by molar-refractivity contribution is 0.427. The third kappa shape index (κ3) is 3.56. The normalized spacial score (nSPS) is 15.3. The summed E-state index contributed by atoms with van der Waals surface area (Å²) in [6.45, 7) is 0.719. The van der Waals surface area contributed by atoms with Crippen LogP contribution in [0.1, 0.15) is 37.7 Å². The first kappa shape index (κ1) is 17.3. The third-order valence-electron chi connectivity index (χ3n) is 5.28. The first-order valence-corrected chi connectivity index (χ1v) is 10.0. The SMILES string of the molecule is CN(c1cc(NCc2cccnc2)n2ncc(Br)c2c1)C1CCCCC1. The Hall–Kier alpha value is -2.08. The van der Waals surface area contributed by atoms with Crippen molar-refractivity contribution >= 4 is 33.0 Å². The summed E-state index contributed by atoms with van der Waals surface area (Å²) in [5.74, 6) is 0.995. The zero-order valence-electron chi connectivity index (χ0n) is 15.0. The summed E-state index contributed by atoms with van der Waals surface area (Å²) in [5, 5.41) is 8.05. The van der Waals surface area contributed by atoms with Crippen molar-refractivity contribution in [3.05, 3.63) is 52.9 Å². The first-order valence-electron chi connectivity index (χ1n) is 9.25. The van der Waals surface area contributed by atoms with Crippen LogP contribution in [-0.2, 0) is 6.54 Å². The van der Waals surface area contributed by atoms with Crippen LogP contribution in [0.25, 0.3) is 5.52 Å². The summed E-state index contributed by atoms with van der Waals surface area (Å²) in [4.78, 5) is 6.63. The molecule has 1 aliphatic rings. The molecule has 3 heterocycles. The van der Waals surface area contributed by atoms with Crippen molar-refractivity contribution in [3.63, 3.8) is 0 Å². The topological polar surface area (TPSA) is 45.5 Å². The molecule has 4 rings (SSSR count). The van der Waals surface area contributed by atoms with Crippen molar-refractivity contribution in [1.82, 2.24) is 14.6 Å². The zero-order chi connectivity index (χ0) is 17.9. The van der Waals surface area contributed by atoms with E-state index in [1.54, 1.807) is 6.20 Å². The molecule has 0 unspecified atom stereocenters. The van der Waals surface area contributed by atoms with Gasteiger partial charge in [-0.2, -0.15) is 5.10 Å². The second-order valence-electron chi connectivity index (χ2n) is 7.01. The number of halogens is 1. The van der Waals surface area contributed by atoms with E-state index in [1.807, 2.05) is 23.0 Å². The van der Waals surface area contributed by atoms with Gasteiger partial charge in [0, 0.05) is 43.8 Å². The summed E-state index contributed by atoms with van der Waals surface area (Å²) >= 11 is 3.64. The minimum absolute atomic E-state index is 0.624. The lowest BCUT2D eigenvalue weighted by Crippen LogP contribution is -2.33. The van der Waals surface area contributed by atoms with Gasteiger partial charge >= 0.3 is 0 Å². The quantitative estimate of drug-likeness (QED) is 0.647. The van der Waals surface area contributed by atoms with E-state index < -0.39 is 0 Å². The summed E-state index contributed by atoms with van der Waals surface area (Å²) in [7, 11) is 2.22. The van der Waals surface area contributed by atoms with Gasteiger partial charge in [0.1, 0.15) is 5.82 Å². The Morgan fingerprint density at radius 3 is 2.85 bits per heavy atom. The van der Waals surface area contributed by atoms with E-state index in [4.69, 9.17) is 0 Å². The maximum atomic E-state index is 4.52. The number of anilines is 2. The van der Waals surface area contributed by atoms with Crippen LogP contribution in [0, 0.1) is 0 Å². The Labute approximate surface area is 162 Å². The fraction of sp³-hybridized carbons (Fsp3) is 0.400. The Morgan fingerprint density at radius 2 is 2.08 bits per heavy atom. The van der Waals surface area contributed by atoms with Gasteiger partial charge in [-0.05, 0) is 46.5 Å². The van der Waals surface area contributed by atoms with Crippen LogP contribution >= 0.6 is 15.9 Å². The fourth-order valence-corrected chi connectivity index (χ4v) is 4.12. The number of fused-ring (bicyclic) bond motifs is 1. The Kier molecular flexibility index (Phi) is 5.11. The van der Waals surface area contributed by atoms with Crippen LogP contribution in [0.5, 0.6) is 0 Å². The highest BCUT2D eigenvalue weighted by Gasteiger charge is 2.20. The Morgan fingerprint density at radius 1 is 1.23 bits per heavy atom. The van der Waals surface area contributed by atoms with Crippen LogP contribution in [0.2, 0.25) is 0 Å². The molecular weight excluding hydrogens is 390 g/mol. The molecule has 136 valence electrons. The van der Waals surface area contributed by atoms with Crippen molar-refractivity contribution in [2.24, 2.45) is 0 Å². The van der Waals surface area contributed by atoms with Crippen molar-refractivity contribution in [2.75, 3.05) is 17.3 Å².